The normalized spacial score (nSPS) is 17.3. The van der Waals surface area contributed by atoms with Crippen LogP contribution in [0.4, 0.5) is 22.0 Å². The monoisotopic (exact) mass is 868 g/mol. The number of halogens is 5. The molecule has 3 atom stereocenters. The van der Waals surface area contributed by atoms with Gasteiger partial charge in [0, 0.05) is 59.8 Å². The van der Waals surface area contributed by atoms with Crippen molar-refractivity contribution in [3.05, 3.63) is 77.1 Å². The third-order valence-corrected chi connectivity index (χ3v) is 11.5. The summed E-state index contributed by atoms with van der Waals surface area (Å²) >= 11 is 0. The van der Waals surface area contributed by atoms with E-state index in [9.17, 15) is 36.3 Å². The SMILES string of the molecule is CC(C)C(C(=O)NC(Cc1cc(-c2ccc3c(c2)c(CC(C)(C)COC=O)c(-c2cccnc2C2CCCO2)n3CC(F)(F)F)cc(C(F)F)c1)C(=O)N1CCCCN1)N(C)C. The summed E-state index contributed by atoms with van der Waals surface area (Å²) in [5.74, 6) is -0.870. The van der Waals surface area contributed by atoms with Gasteiger partial charge in [-0.1, -0.05) is 45.9 Å². The van der Waals surface area contributed by atoms with Crippen LogP contribution in [0.1, 0.15) is 88.3 Å². The van der Waals surface area contributed by atoms with Gasteiger partial charge in [0.1, 0.15) is 18.7 Å². The minimum Gasteiger partial charge on any atom is -0.467 e. The molecule has 11 nitrogen and oxygen atoms in total. The Morgan fingerprint density at radius 2 is 1.84 bits per heavy atom. The number of hydrogen-bond acceptors (Lipinski definition) is 8. The predicted molar refractivity (Wildman–Crippen MR) is 226 cm³/mol. The highest BCUT2D eigenvalue weighted by Gasteiger charge is 2.36. The molecule has 0 radical (unpaired) electrons. The Hall–Kier alpha value is -4.93. The van der Waals surface area contributed by atoms with E-state index in [-0.39, 0.29) is 48.0 Å². The van der Waals surface area contributed by atoms with Crippen LogP contribution < -0.4 is 10.7 Å². The van der Waals surface area contributed by atoms with E-state index in [2.05, 4.69) is 15.7 Å². The van der Waals surface area contributed by atoms with E-state index in [0.717, 1.165) is 19.3 Å². The summed E-state index contributed by atoms with van der Waals surface area (Å²) in [6.45, 7) is 7.93. The fraction of sp³-hybridized carbons (Fsp3) is 0.522. The molecule has 3 unspecified atom stereocenters. The van der Waals surface area contributed by atoms with Crippen LogP contribution in [-0.2, 0) is 43.2 Å². The number of hydrogen-bond donors (Lipinski definition) is 2. The summed E-state index contributed by atoms with van der Waals surface area (Å²) in [5, 5.41) is 4.85. The highest BCUT2D eigenvalue weighted by molar-refractivity contribution is 5.95. The number of amides is 2. The number of likely N-dealkylation sites (N-methyl/N-ethyl adjacent to an activating group) is 1. The summed E-state index contributed by atoms with van der Waals surface area (Å²) in [6.07, 6.45) is -3.29. The molecule has 2 aromatic carbocycles. The summed E-state index contributed by atoms with van der Waals surface area (Å²) in [4.78, 5) is 45.5. The van der Waals surface area contributed by atoms with Crippen LogP contribution in [0.2, 0.25) is 0 Å². The molecule has 2 aliphatic rings. The van der Waals surface area contributed by atoms with E-state index in [1.807, 2.05) is 27.7 Å². The van der Waals surface area contributed by atoms with Gasteiger partial charge in [0.05, 0.1) is 24.0 Å². The van der Waals surface area contributed by atoms with Crippen LogP contribution in [0.25, 0.3) is 33.3 Å². The van der Waals surface area contributed by atoms with Gasteiger partial charge >= 0.3 is 6.18 Å². The van der Waals surface area contributed by atoms with Crippen LogP contribution in [0.5, 0.6) is 0 Å². The molecule has 2 fully saturated rings. The average molecular weight is 869 g/mol. The number of nitrogens with one attached hydrogen (secondary N) is 2. The van der Waals surface area contributed by atoms with Gasteiger partial charge in [0.25, 0.3) is 18.8 Å². The van der Waals surface area contributed by atoms with E-state index >= 15 is 0 Å². The van der Waals surface area contributed by atoms with Crippen molar-refractivity contribution in [2.45, 2.75) is 104 Å². The Balaban J connectivity index is 1.52. The Labute approximate surface area is 359 Å². The number of pyridine rings is 1. The number of aromatic nitrogens is 2. The zero-order valence-corrected chi connectivity index (χ0v) is 36.2. The number of nitrogens with zero attached hydrogens (tertiary/aromatic N) is 4. The van der Waals surface area contributed by atoms with E-state index in [1.54, 1.807) is 61.6 Å². The van der Waals surface area contributed by atoms with Crippen LogP contribution in [0.3, 0.4) is 0 Å². The van der Waals surface area contributed by atoms with Gasteiger partial charge < -0.3 is 19.4 Å². The first-order valence-electron chi connectivity index (χ1n) is 21.2. The molecule has 0 saturated carbocycles. The molecule has 2 saturated heterocycles. The second-order valence-corrected chi connectivity index (χ2v) is 17.7. The summed E-state index contributed by atoms with van der Waals surface area (Å²) in [6, 6.07) is 11.0. The fourth-order valence-corrected chi connectivity index (χ4v) is 8.91. The third-order valence-electron chi connectivity index (χ3n) is 11.5. The molecule has 2 aliphatic heterocycles. The average Bonchev–Trinajstić information content (AvgIpc) is 3.85. The van der Waals surface area contributed by atoms with Crippen LogP contribution in [-0.4, -0.2) is 96.4 Å². The number of alkyl halides is 5. The van der Waals surface area contributed by atoms with Gasteiger partial charge in [-0.2, -0.15) is 13.2 Å². The highest BCUT2D eigenvalue weighted by atomic mass is 19.4. The van der Waals surface area contributed by atoms with Crippen LogP contribution in [0, 0.1) is 11.3 Å². The summed E-state index contributed by atoms with van der Waals surface area (Å²) in [7, 11) is 3.54. The van der Waals surface area contributed by atoms with Crippen molar-refractivity contribution in [3.8, 4) is 22.4 Å². The quantitative estimate of drug-likeness (QED) is 0.0806. The van der Waals surface area contributed by atoms with Gasteiger partial charge in [0.15, 0.2) is 0 Å². The number of carbonyl (C=O) groups excluding carboxylic acids is 3. The van der Waals surface area contributed by atoms with Crippen molar-refractivity contribution in [2.24, 2.45) is 11.3 Å². The standard InChI is InChI=1S/C46H57F5N6O5/c1-28(2)40(55(5)6)43(59)54-36(44(60)57-17-8-7-16-53-57)21-29-19-31(22-32(20-29)42(47)48)30-13-14-37-34(23-30)35(24-45(3,4)26-61-27-58)41(56(37)25-46(49,50)51)33-11-9-15-52-39(33)38-12-10-18-62-38/h9,11,13-15,19-20,22-23,27-28,36,38,40,42,53H,7-8,10,12,16-18,21,24-26H2,1-6H3,(H,54,59). The minimum absolute atomic E-state index is 0.0250. The molecule has 2 aromatic heterocycles. The maximum absolute atomic E-state index is 14.8. The lowest BCUT2D eigenvalue weighted by molar-refractivity contribution is -0.141. The maximum Gasteiger partial charge on any atom is 0.406 e. The molecule has 0 aliphatic carbocycles. The number of fused-ring (bicyclic) bond motifs is 1. The van der Waals surface area contributed by atoms with Crippen molar-refractivity contribution < 1.29 is 45.8 Å². The number of carbonyl (C=O) groups is 3. The fourth-order valence-electron chi connectivity index (χ4n) is 8.91. The molecule has 2 amide bonds. The largest absolute Gasteiger partial charge is 0.467 e. The first-order chi connectivity index (χ1) is 29.4. The van der Waals surface area contributed by atoms with Crippen molar-refractivity contribution >= 4 is 29.2 Å². The summed E-state index contributed by atoms with van der Waals surface area (Å²) in [5.41, 5.74) is 5.24. The zero-order valence-electron chi connectivity index (χ0n) is 36.2. The van der Waals surface area contributed by atoms with Gasteiger partial charge in [-0.15, -0.1) is 0 Å². The van der Waals surface area contributed by atoms with Gasteiger partial charge in [-0.3, -0.25) is 29.3 Å². The molecule has 62 heavy (non-hydrogen) atoms. The molecule has 4 aromatic rings. The number of benzene rings is 2. The van der Waals surface area contributed by atoms with E-state index < -0.39 is 48.7 Å². The first-order valence-corrected chi connectivity index (χ1v) is 21.2. The number of rotatable bonds is 17. The Bertz CT molecular complexity index is 2200. The van der Waals surface area contributed by atoms with Gasteiger partial charge in [-0.05, 0) is 105 Å². The smallest absolute Gasteiger partial charge is 0.406 e. The minimum atomic E-state index is -4.63. The second kappa shape index (κ2) is 19.6. The van der Waals surface area contributed by atoms with Gasteiger partial charge in [0.2, 0.25) is 5.91 Å². The van der Waals surface area contributed by atoms with Crippen molar-refractivity contribution in [2.75, 3.05) is 40.4 Å². The van der Waals surface area contributed by atoms with E-state index in [1.165, 1.54) is 21.7 Å². The number of ether oxygens (including phenoxy) is 2. The lowest BCUT2D eigenvalue weighted by Crippen LogP contribution is -2.58. The Kier molecular flexibility index (Phi) is 14.7. The topological polar surface area (TPSA) is 118 Å². The van der Waals surface area contributed by atoms with Crippen LogP contribution in [0.15, 0.2) is 54.7 Å². The molecular weight excluding hydrogens is 812 g/mol. The molecule has 0 spiro atoms. The number of hydrazine groups is 1. The molecule has 6 rings (SSSR count). The maximum atomic E-state index is 14.8. The second-order valence-electron chi connectivity index (χ2n) is 17.7. The Morgan fingerprint density at radius 3 is 2.47 bits per heavy atom. The predicted octanol–water partition coefficient (Wildman–Crippen LogP) is 8.20. The molecule has 2 N–H and O–H groups in total. The third kappa shape index (κ3) is 11.0. The van der Waals surface area contributed by atoms with Crippen molar-refractivity contribution in [3.63, 3.8) is 0 Å². The Morgan fingerprint density at radius 1 is 1.06 bits per heavy atom. The highest BCUT2D eigenvalue weighted by Crippen LogP contribution is 2.44. The molecular formula is C46H57F5N6O5. The van der Waals surface area contributed by atoms with Crippen molar-refractivity contribution in [1.82, 2.24) is 30.2 Å². The first kappa shape index (κ1) is 46.6. The van der Waals surface area contributed by atoms with Gasteiger partial charge in [-0.25, -0.2) is 14.2 Å². The van der Waals surface area contributed by atoms with Crippen molar-refractivity contribution in [1.29, 1.82) is 0 Å². The molecule has 4 heterocycles. The molecule has 0 bridgehead atoms. The van der Waals surface area contributed by atoms with Crippen LogP contribution >= 0.6 is 0 Å². The lowest BCUT2D eigenvalue weighted by atomic mass is 9.84. The van der Waals surface area contributed by atoms with E-state index in [4.69, 9.17) is 9.47 Å². The molecule has 336 valence electrons. The van der Waals surface area contributed by atoms with E-state index in [0.29, 0.717) is 71.5 Å². The lowest BCUT2D eigenvalue weighted by Gasteiger charge is -2.33. The molecule has 16 heteroatoms. The summed E-state index contributed by atoms with van der Waals surface area (Å²) < 4.78 is 85.8. The zero-order chi connectivity index (χ0) is 44.9.